The number of methoxy groups -OCH3 is 1. The van der Waals surface area contributed by atoms with Gasteiger partial charge in [-0.3, -0.25) is 9.69 Å². The smallest absolute Gasteiger partial charge is 0.411 e. The van der Waals surface area contributed by atoms with E-state index in [0.717, 1.165) is 6.20 Å². The minimum absolute atomic E-state index is 0.0702. The van der Waals surface area contributed by atoms with Crippen LogP contribution in [0.15, 0.2) is 12.3 Å². The molecule has 2 heterocycles. The predicted molar refractivity (Wildman–Crippen MR) is 76.1 cm³/mol. The van der Waals surface area contributed by atoms with E-state index in [-0.39, 0.29) is 24.6 Å². The minimum Gasteiger partial charge on any atom is -0.481 e. The molecule has 120 valence electrons. The van der Waals surface area contributed by atoms with Crippen molar-refractivity contribution in [1.82, 2.24) is 9.88 Å². The van der Waals surface area contributed by atoms with Crippen molar-refractivity contribution in [3.05, 3.63) is 23.6 Å². The van der Waals surface area contributed by atoms with E-state index >= 15 is 0 Å². The third kappa shape index (κ3) is 3.52. The zero-order valence-corrected chi connectivity index (χ0v) is 13.1. The van der Waals surface area contributed by atoms with Gasteiger partial charge in [0.2, 0.25) is 5.88 Å². The average Bonchev–Trinajstić information content (AvgIpc) is 2.79. The van der Waals surface area contributed by atoms with Crippen molar-refractivity contribution in [2.24, 2.45) is 0 Å². The van der Waals surface area contributed by atoms with Crippen molar-refractivity contribution in [3.63, 3.8) is 0 Å². The van der Waals surface area contributed by atoms with Crippen LogP contribution in [0.4, 0.5) is 9.18 Å². The zero-order chi connectivity index (χ0) is 16.5. The van der Waals surface area contributed by atoms with Gasteiger partial charge in [-0.2, -0.15) is 0 Å². The highest BCUT2D eigenvalue weighted by atomic mass is 19.1. The Hall–Kier alpha value is -2.18. The topological polar surface area (TPSA) is 68.7 Å². The fraction of sp³-hybridized carbons (Fsp3) is 0.533. The van der Waals surface area contributed by atoms with Gasteiger partial charge >= 0.3 is 6.09 Å². The summed E-state index contributed by atoms with van der Waals surface area (Å²) in [5, 5.41) is 0. The summed E-state index contributed by atoms with van der Waals surface area (Å²) in [5.41, 5.74) is -0.323. The van der Waals surface area contributed by atoms with Crippen LogP contribution in [0.5, 0.6) is 5.88 Å². The number of carbonyl (C=O) groups is 2. The number of carbonyl (C=O) groups excluding carboxylic acids is 2. The van der Waals surface area contributed by atoms with Gasteiger partial charge in [-0.15, -0.1) is 0 Å². The number of hydrogen-bond acceptors (Lipinski definition) is 5. The van der Waals surface area contributed by atoms with Gasteiger partial charge in [-0.1, -0.05) is 0 Å². The van der Waals surface area contributed by atoms with Crippen LogP contribution in [0.1, 0.15) is 38.8 Å². The third-order valence-electron chi connectivity index (χ3n) is 3.17. The molecule has 1 amide bonds. The molecule has 2 rings (SSSR count). The van der Waals surface area contributed by atoms with Gasteiger partial charge in [-0.05, 0) is 26.8 Å². The van der Waals surface area contributed by atoms with E-state index in [2.05, 4.69) is 4.98 Å². The second kappa shape index (κ2) is 5.90. The van der Waals surface area contributed by atoms with E-state index in [9.17, 15) is 14.0 Å². The summed E-state index contributed by atoms with van der Waals surface area (Å²) in [5.74, 6) is -0.490. The van der Waals surface area contributed by atoms with E-state index in [4.69, 9.17) is 9.47 Å². The van der Waals surface area contributed by atoms with Crippen LogP contribution in [-0.2, 0) is 9.53 Å². The van der Waals surface area contributed by atoms with Crippen molar-refractivity contribution in [2.75, 3.05) is 13.7 Å². The van der Waals surface area contributed by atoms with E-state index in [1.807, 2.05) is 0 Å². The fourth-order valence-corrected chi connectivity index (χ4v) is 2.33. The highest BCUT2D eigenvalue weighted by molar-refractivity contribution is 5.88. The summed E-state index contributed by atoms with van der Waals surface area (Å²) in [4.78, 5) is 29.2. The summed E-state index contributed by atoms with van der Waals surface area (Å²) in [6, 6.07) is 0.590. The molecule has 6 nitrogen and oxygen atoms in total. The van der Waals surface area contributed by atoms with Crippen LogP contribution in [-0.4, -0.2) is 41.0 Å². The van der Waals surface area contributed by atoms with Crippen LogP contribution >= 0.6 is 0 Å². The maximum atomic E-state index is 13.5. The molecule has 0 radical (unpaired) electrons. The van der Waals surface area contributed by atoms with Gasteiger partial charge in [0, 0.05) is 12.0 Å². The second-order valence-corrected chi connectivity index (χ2v) is 6.12. The molecule has 1 aliphatic heterocycles. The van der Waals surface area contributed by atoms with Crippen LogP contribution in [0.3, 0.4) is 0 Å². The summed E-state index contributed by atoms with van der Waals surface area (Å²) >= 11 is 0. The molecule has 1 aromatic heterocycles. The van der Waals surface area contributed by atoms with Crippen molar-refractivity contribution in [2.45, 2.75) is 38.8 Å². The number of pyridine rings is 1. The average molecular weight is 310 g/mol. The number of amides is 1. The van der Waals surface area contributed by atoms with Gasteiger partial charge in [0.15, 0.2) is 5.78 Å². The Morgan fingerprint density at radius 2 is 2.14 bits per heavy atom. The summed E-state index contributed by atoms with van der Waals surface area (Å²) < 4.78 is 23.9. The Morgan fingerprint density at radius 3 is 2.73 bits per heavy atom. The number of likely N-dealkylation sites (tertiary alicyclic amines) is 1. The van der Waals surface area contributed by atoms with Gasteiger partial charge in [0.05, 0.1) is 25.9 Å². The van der Waals surface area contributed by atoms with Crippen LogP contribution in [0.25, 0.3) is 0 Å². The molecule has 1 aromatic rings. The molecule has 0 N–H and O–H groups in total. The molecule has 0 spiro atoms. The molecule has 1 unspecified atom stereocenters. The van der Waals surface area contributed by atoms with Gasteiger partial charge in [0.25, 0.3) is 0 Å². The molecule has 7 heteroatoms. The standard InChI is InChI=1S/C15H19FN2O4/c1-15(2,3)22-14(20)18-8-10(19)6-12(18)11-5-9(16)7-17-13(11)21-4/h5,7,12H,6,8H2,1-4H3. The maximum absolute atomic E-state index is 13.5. The van der Waals surface area contributed by atoms with Crippen LogP contribution in [0.2, 0.25) is 0 Å². The monoisotopic (exact) mass is 310 g/mol. The third-order valence-corrected chi connectivity index (χ3v) is 3.17. The van der Waals surface area contributed by atoms with Gasteiger partial charge < -0.3 is 9.47 Å². The summed E-state index contributed by atoms with van der Waals surface area (Å²) in [6.45, 7) is 5.14. The number of Topliss-reactive ketones (excluding diaryl/α,β-unsaturated/α-hetero) is 1. The first-order chi connectivity index (χ1) is 10.2. The number of rotatable bonds is 2. The van der Waals surface area contributed by atoms with Crippen molar-refractivity contribution in [1.29, 1.82) is 0 Å². The molecule has 1 saturated heterocycles. The highest BCUT2D eigenvalue weighted by Crippen LogP contribution is 2.35. The Bertz CT molecular complexity index is 598. The number of aromatic nitrogens is 1. The van der Waals surface area contributed by atoms with E-state index in [1.54, 1.807) is 20.8 Å². The maximum Gasteiger partial charge on any atom is 0.411 e. The Kier molecular flexibility index (Phi) is 4.35. The van der Waals surface area contributed by atoms with Gasteiger partial charge in [-0.25, -0.2) is 14.2 Å². The van der Waals surface area contributed by atoms with Gasteiger partial charge in [0.1, 0.15) is 11.4 Å². The zero-order valence-electron chi connectivity index (χ0n) is 13.1. The Labute approximate surface area is 128 Å². The molecule has 0 bridgehead atoms. The van der Waals surface area contributed by atoms with Crippen LogP contribution in [0, 0.1) is 5.82 Å². The number of hydrogen-bond donors (Lipinski definition) is 0. The lowest BCUT2D eigenvalue weighted by atomic mass is 10.1. The summed E-state index contributed by atoms with van der Waals surface area (Å²) in [6.07, 6.45) is 0.493. The molecule has 1 atom stereocenters. The fourth-order valence-electron chi connectivity index (χ4n) is 2.33. The van der Waals surface area contributed by atoms with E-state index in [1.165, 1.54) is 18.1 Å². The first kappa shape index (κ1) is 16.2. The molecule has 22 heavy (non-hydrogen) atoms. The van der Waals surface area contributed by atoms with Crippen molar-refractivity contribution in [3.8, 4) is 5.88 Å². The highest BCUT2D eigenvalue weighted by Gasteiger charge is 2.39. The number of nitrogens with zero attached hydrogens (tertiary/aromatic N) is 2. The van der Waals surface area contributed by atoms with Crippen LogP contribution < -0.4 is 4.74 Å². The largest absolute Gasteiger partial charge is 0.481 e. The van der Waals surface area contributed by atoms with Crippen molar-refractivity contribution < 1.29 is 23.5 Å². The predicted octanol–water partition coefficient (Wildman–Crippen LogP) is 2.48. The normalized spacial score (nSPS) is 18.5. The van der Waals surface area contributed by atoms with E-state index < -0.39 is 23.6 Å². The molecule has 1 aliphatic rings. The second-order valence-electron chi connectivity index (χ2n) is 6.12. The minimum atomic E-state index is -0.683. The van der Waals surface area contributed by atoms with E-state index in [0.29, 0.717) is 5.56 Å². The molecular formula is C15H19FN2O4. The molecular weight excluding hydrogens is 291 g/mol. The lowest BCUT2D eigenvalue weighted by Crippen LogP contribution is -2.37. The molecule has 1 fully saturated rings. The first-order valence-electron chi connectivity index (χ1n) is 6.92. The Balaban J connectivity index is 2.34. The SMILES string of the molecule is COc1ncc(F)cc1C1CC(=O)CN1C(=O)OC(C)(C)C. The molecule has 0 aromatic carbocycles. The summed E-state index contributed by atoms with van der Waals surface area (Å²) in [7, 11) is 1.40. The first-order valence-corrected chi connectivity index (χ1v) is 6.92. The number of ketones is 1. The van der Waals surface area contributed by atoms with Crippen molar-refractivity contribution >= 4 is 11.9 Å². The lowest BCUT2D eigenvalue weighted by molar-refractivity contribution is -0.117. The molecule has 0 aliphatic carbocycles. The number of ether oxygens (including phenoxy) is 2. The quantitative estimate of drug-likeness (QED) is 0.839. The number of halogens is 1. The molecule has 0 saturated carbocycles. The lowest BCUT2D eigenvalue weighted by Gasteiger charge is -2.28. The Morgan fingerprint density at radius 1 is 1.45 bits per heavy atom.